The van der Waals surface area contributed by atoms with Gasteiger partial charge in [-0.1, -0.05) is 49.6 Å². The number of hydrogen-bond acceptors (Lipinski definition) is 3. The normalized spacial score (nSPS) is 17.4. The van der Waals surface area contributed by atoms with Gasteiger partial charge < -0.3 is 19.9 Å². The molecule has 0 radical (unpaired) electrons. The average molecular weight is 368 g/mol. The van der Waals surface area contributed by atoms with E-state index in [1.807, 2.05) is 34.9 Å². The molecule has 2 aliphatic rings. The first-order valence-corrected chi connectivity index (χ1v) is 9.57. The number of hydrogen-bond donors (Lipinski definition) is 2. The van der Waals surface area contributed by atoms with E-state index in [-0.39, 0.29) is 18.5 Å². The number of carbonyl (C=O) groups excluding carboxylic acids is 1. The van der Waals surface area contributed by atoms with Gasteiger partial charge in [0.05, 0.1) is 12.2 Å². The molecule has 0 atom stereocenters. The predicted octanol–water partition coefficient (Wildman–Crippen LogP) is 3.11. The van der Waals surface area contributed by atoms with Gasteiger partial charge in [-0.3, -0.25) is 4.79 Å². The fraction of sp³-hybridized carbons (Fsp3) is 0.450. The molecule has 7 heteroatoms. The van der Waals surface area contributed by atoms with Crippen LogP contribution in [0.3, 0.4) is 0 Å². The lowest BCUT2D eigenvalue weighted by Gasteiger charge is -2.27. The van der Waals surface area contributed by atoms with Crippen LogP contribution in [0.5, 0.6) is 0 Å². The van der Waals surface area contributed by atoms with Gasteiger partial charge in [0.2, 0.25) is 0 Å². The standard InChI is InChI=1S/C20H24N4O3/c25-19(21-15-9-5-2-6-10-15)17-16-13-23(20(26)27)11-12-24(16)18(22-17)14-7-3-1-4-8-14/h1,3-4,7-8,15H,2,5-6,9-13H2,(H,21,25)(H,26,27). The molecular weight excluding hydrogens is 344 g/mol. The molecule has 1 fully saturated rings. The Morgan fingerprint density at radius 1 is 1.07 bits per heavy atom. The van der Waals surface area contributed by atoms with Crippen LogP contribution in [-0.2, 0) is 13.1 Å². The molecule has 2 heterocycles. The fourth-order valence-electron chi connectivity index (χ4n) is 4.02. The third kappa shape index (κ3) is 3.54. The maximum absolute atomic E-state index is 13.0. The van der Waals surface area contributed by atoms with Gasteiger partial charge >= 0.3 is 6.09 Å². The van der Waals surface area contributed by atoms with Gasteiger partial charge in [0.1, 0.15) is 5.82 Å². The van der Waals surface area contributed by atoms with E-state index in [0.29, 0.717) is 24.5 Å². The number of rotatable bonds is 3. The highest BCUT2D eigenvalue weighted by Crippen LogP contribution is 2.27. The summed E-state index contributed by atoms with van der Waals surface area (Å²) in [7, 11) is 0. The molecular formula is C20H24N4O3. The van der Waals surface area contributed by atoms with E-state index in [2.05, 4.69) is 10.3 Å². The van der Waals surface area contributed by atoms with Gasteiger partial charge in [-0.25, -0.2) is 9.78 Å². The molecule has 2 aromatic rings. The lowest BCUT2D eigenvalue weighted by atomic mass is 9.95. The Balaban J connectivity index is 1.68. The highest BCUT2D eigenvalue weighted by atomic mass is 16.4. The average Bonchev–Trinajstić information content (AvgIpc) is 3.08. The van der Waals surface area contributed by atoms with Gasteiger partial charge in [0, 0.05) is 24.7 Å². The lowest BCUT2D eigenvalue weighted by Crippen LogP contribution is -2.40. The smallest absolute Gasteiger partial charge is 0.407 e. The number of amides is 2. The second-order valence-electron chi connectivity index (χ2n) is 7.26. The van der Waals surface area contributed by atoms with Crippen molar-refractivity contribution in [1.29, 1.82) is 0 Å². The van der Waals surface area contributed by atoms with Crippen molar-refractivity contribution >= 4 is 12.0 Å². The van der Waals surface area contributed by atoms with Crippen LogP contribution >= 0.6 is 0 Å². The van der Waals surface area contributed by atoms with E-state index in [1.54, 1.807) is 0 Å². The van der Waals surface area contributed by atoms with Crippen LogP contribution in [0.25, 0.3) is 11.4 Å². The summed E-state index contributed by atoms with van der Waals surface area (Å²) in [5, 5.41) is 12.5. The molecule has 0 saturated heterocycles. The maximum Gasteiger partial charge on any atom is 0.407 e. The van der Waals surface area contributed by atoms with Crippen LogP contribution in [0.4, 0.5) is 4.79 Å². The summed E-state index contributed by atoms with van der Waals surface area (Å²) in [6, 6.07) is 9.91. The number of carboxylic acid groups (broad SMARTS) is 1. The highest BCUT2D eigenvalue weighted by Gasteiger charge is 2.30. The van der Waals surface area contributed by atoms with Gasteiger partial charge in [-0.15, -0.1) is 0 Å². The van der Waals surface area contributed by atoms with Crippen molar-refractivity contribution in [2.45, 2.75) is 51.2 Å². The molecule has 142 valence electrons. The third-order valence-electron chi connectivity index (χ3n) is 5.46. The molecule has 0 unspecified atom stereocenters. The van der Waals surface area contributed by atoms with Crippen LogP contribution in [0.15, 0.2) is 30.3 Å². The SMILES string of the molecule is O=C(NC1CCCCC1)c1nc(-c2ccccc2)n2c1CN(C(=O)O)CC2. The highest BCUT2D eigenvalue weighted by molar-refractivity contribution is 5.94. The number of nitrogens with one attached hydrogen (secondary N) is 1. The maximum atomic E-state index is 13.0. The first-order valence-electron chi connectivity index (χ1n) is 9.57. The second kappa shape index (κ2) is 7.42. The molecule has 2 amide bonds. The van der Waals surface area contributed by atoms with Crippen molar-refractivity contribution in [3.05, 3.63) is 41.7 Å². The zero-order valence-electron chi connectivity index (χ0n) is 15.2. The number of imidazole rings is 1. The molecule has 0 bridgehead atoms. The van der Waals surface area contributed by atoms with Gasteiger partial charge in [-0.2, -0.15) is 0 Å². The summed E-state index contributed by atoms with van der Waals surface area (Å²) in [5.41, 5.74) is 1.96. The Hall–Kier alpha value is -2.83. The molecule has 1 aromatic heterocycles. The largest absolute Gasteiger partial charge is 0.465 e. The molecule has 0 spiro atoms. The molecule has 4 rings (SSSR count). The Labute approximate surface area is 158 Å². The van der Waals surface area contributed by atoms with E-state index in [9.17, 15) is 14.7 Å². The number of fused-ring (bicyclic) bond motifs is 1. The number of aromatic nitrogens is 2. The zero-order valence-corrected chi connectivity index (χ0v) is 15.2. The number of nitrogens with zero attached hydrogens (tertiary/aromatic N) is 3. The first-order chi connectivity index (χ1) is 13.1. The lowest BCUT2D eigenvalue weighted by molar-refractivity contribution is 0.0916. The van der Waals surface area contributed by atoms with E-state index in [0.717, 1.165) is 37.1 Å². The van der Waals surface area contributed by atoms with Crippen molar-refractivity contribution < 1.29 is 14.7 Å². The van der Waals surface area contributed by atoms with E-state index < -0.39 is 6.09 Å². The van der Waals surface area contributed by atoms with Gasteiger partial charge in [-0.05, 0) is 12.8 Å². The summed E-state index contributed by atoms with van der Waals surface area (Å²) in [4.78, 5) is 30.4. The summed E-state index contributed by atoms with van der Waals surface area (Å²) < 4.78 is 1.99. The molecule has 1 saturated carbocycles. The quantitative estimate of drug-likeness (QED) is 0.871. The summed E-state index contributed by atoms with van der Waals surface area (Å²) in [6.07, 6.45) is 4.51. The van der Waals surface area contributed by atoms with Crippen molar-refractivity contribution in [1.82, 2.24) is 19.8 Å². The van der Waals surface area contributed by atoms with Crippen molar-refractivity contribution in [2.24, 2.45) is 0 Å². The Morgan fingerprint density at radius 3 is 2.52 bits per heavy atom. The van der Waals surface area contributed by atoms with E-state index >= 15 is 0 Å². The fourth-order valence-corrected chi connectivity index (χ4v) is 4.02. The van der Waals surface area contributed by atoms with Crippen LogP contribution in [0.1, 0.15) is 48.3 Å². The second-order valence-corrected chi connectivity index (χ2v) is 7.26. The predicted molar refractivity (Wildman–Crippen MR) is 100 cm³/mol. The zero-order chi connectivity index (χ0) is 18.8. The summed E-state index contributed by atoms with van der Waals surface area (Å²) in [6.45, 7) is 1.07. The van der Waals surface area contributed by atoms with Gasteiger partial charge in [0.15, 0.2) is 5.69 Å². The van der Waals surface area contributed by atoms with E-state index in [1.165, 1.54) is 11.3 Å². The van der Waals surface area contributed by atoms with E-state index in [4.69, 9.17) is 0 Å². The molecule has 1 aliphatic heterocycles. The van der Waals surface area contributed by atoms with Crippen LogP contribution in [0.2, 0.25) is 0 Å². The molecule has 7 nitrogen and oxygen atoms in total. The topological polar surface area (TPSA) is 87.5 Å². The minimum Gasteiger partial charge on any atom is -0.465 e. The number of benzene rings is 1. The first kappa shape index (κ1) is 17.6. The van der Waals surface area contributed by atoms with Crippen molar-refractivity contribution in [3.8, 4) is 11.4 Å². The van der Waals surface area contributed by atoms with Crippen molar-refractivity contribution in [2.75, 3.05) is 6.54 Å². The number of carbonyl (C=O) groups is 2. The Kier molecular flexibility index (Phi) is 4.83. The minimum atomic E-state index is -0.970. The van der Waals surface area contributed by atoms with Crippen LogP contribution in [0, 0.1) is 0 Å². The molecule has 2 N–H and O–H groups in total. The molecule has 1 aromatic carbocycles. The monoisotopic (exact) mass is 368 g/mol. The summed E-state index contributed by atoms with van der Waals surface area (Å²) >= 11 is 0. The molecule has 1 aliphatic carbocycles. The third-order valence-corrected chi connectivity index (χ3v) is 5.46. The van der Waals surface area contributed by atoms with Crippen LogP contribution < -0.4 is 5.32 Å². The minimum absolute atomic E-state index is 0.183. The Morgan fingerprint density at radius 2 is 1.81 bits per heavy atom. The van der Waals surface area contributed by atoms with Crippen LogP contribution in [-0.4, -0.2) is 44.1 Å². The Bertz CT molecular complexity index is 840. The molecule has 27 heavy (non-hydrogen) atoms. The van der Waals surface area contributed by atoms with Crippen molar-refractivity contribution in [3.63, 3.8) is 0 Å². The van der Waals surface area contributed by atoms with Gasteiger partial charge in [0.25, 0.3) is 5.91 Å². The summed E-state index contributed by atoms with van der Waals surface area (Å²) in [5.74, 6) is 0.532.